The van der Waals surface area contributed by atoms with E-state index in [1.54, 1.807) is 0 Å². The Labute approximate surface area is 150 Å². The van der Waals surface area contributed by atoms with Crippen LogP contribution in [-0.4, -0.2) is 18.8 Å². The molecular weight excluding hydrogens is 312 g/mol. The molecule has 2 atom stereocenters. The lowest BCUT2D eigenvalue weighted by atomic mass is 9.74. The zero-order valence-corrected chi connectivity index (χ0v) is 15.7. The smallest absolute Gasteiger partial charge is 0.336 e. The van der Waals surface area contributed by atoms with Crippen LogP contribution in [0.2, 0.25) is 0 Å². The van der Waals surface area contributed by atoms with Crippen molar-refractivity contribution in [3.8, 4) is 6.07 Å². The Kier molecular flexibility index (Phi) is 6.14. The fourth-order valence-corrected chi connectivity index (χ4v) is 3.34. The van der Waals surface area contributed by atoms with E-state index in [2.05, 4.69) is 19.9 Å². The average Bonchev–Trinajstić information content (AvgIpc) is 2.60. The molecule has 1 aliphatic heterocycles. The van der Waals surface area contributed by atoms with Gasteiger partial charge in [-0.3, -0.25) is 4.99 Å². The van der Waals surface area contributed by atoms with E-state index in [4.69, 9.17) is 9.73 Å². The second-order valence-electron chi connectivity index (χ2n) is 6.90. The number of rotatable bonds is 5. The summed E-state index contributed by atoms with van der Waals surface area (Å²) in [6.07, 6.45) is 1.38. The fraction of sp³-hybridized carbons (Fsp3) is 0.476. The van der Waals surface area contributed by atoms with Gasteiger partial charge in [0.1, 0.15) is 0 Å². The normalized spacial score (nSPS) is 20.3. The van der Waals surface area contributed by atoms with Crippen LogP contribution in [0.25, 0.3) is 0 Å². The highest BCUT2D eigenvalue weighted by Gasteiger charge is 2.39. The van der Waals surface area contributed by atoms with Gasteiger partial charge in [0.25, 0.3) is 0 Å². The third-order valence-electron chi connectivity index (χ3n) is 4.53. The molecule has 132 valence electrons. The molecule has 4 heteroatoms. The van der Waals surface area contributed by atoms with Crippen LogP contribution in [-0.2, 0) is 9.53 Å². The number of benzene rings is 1. The molecule has 0 bridgehead atoms. The summed E-state index contributed by atoms with van der Waals surface area (Å²) in [5.74, 6) is -0.783. The lowest BCUT2D eigenvalue weighted by molar-refractivity contribution is -0.136. The Morgan fingerprint density at radius 2 is 1.96 bits per heavy atom. The van der Waals surface area contributed by atoms with Gasteiger partial charge in [-0.05, 0) is 31.2 Å². The third-order valence-corrected chi connectivity index (χ3v) is 4.53. The lowest BCUT2D eigenvalue weighted by Gasteiger charge is -2.31. The summed E-state index contributed by atoms with van der Waals surface area (Å²) < 4.78 is 5.03. The monoisotopic (exact) mass is 338 g/mol. The summed E-state index contributed by atoms with van der Waals surface area (Å²) in [7, 11) is 1.38. The van der Waals surface area contributed by atoms with Crippen molar-refractivity contribution in [3.63, 3.8) is 0 Å². The van der Waals surface area contributed by atoms with Crippen molar-refractivity contribution in [1.82, 2.24) is 0 Å². The van der Waals surface area contributed by atoms with Crippen LogP contribution >= 0.6 is 0 Å². The Morgan fingerprint density at radius 3 is 2.44 bits per heavy atom. The Morgan fingerprint density at radius 1 is 1.32 bits per heavy atom. The minimum Gasteiger partial charge on any atom is -0.466 e. The van der Waals surface area contributed by atoms with Crippen molar-refractivity contribution in [1.29, 1.82) is 5.26 Å². The Hall–Kier alpha value is -2.41. The van der Waals surface area contributed by atoms with Gasteiger partial charge in [-0.15, -0.1) is 0 Å². The summed E-state index contributed by atoms with van der Waals surface area (Å²) in [5, 5.41) is 9.89. The molecule has 1 heterocycles. The van der Waals surface area contributed by atoms with Crippen LogP contribution in [0.5, 0.6) is 0 Å². The molecule has 0 aromatic heterocycles. The molecule has 2 unspecified atom stereocenters. The summed E-state index contributed by atoms with van der Waals surface area (Å²) in [4.78, 5) is 17.2. The molecule has 2 rings (SSSR count). The van der Waals surface area contributed by atoms with E-state index in [0.717, 1.165) is 29.0 Å². The van der Waals surface area contributed by atoms with Crippen LogP contribution in [0, 0.1) is 30.1 Å². The molecule has 0 N–H and O–H groups in total. The number of carbonyl (C=O) groups excluding carboxylic acids is 1. The second-order valence-corrected chi connectivity index (χ2v) is 6.90. The van der Waals surface area contributed by atoms with Crippen molar-refractivity contribution < 1.29 is 9.53 Å². The first-order valence-electron chi connectivity index (χ1n) is 8.77. The second kappa shape index (κ2) is 8.11. The predicted molar refractivity (Wildman–Crippen MR) is 99.2 cm³/mol. The molecule has 1 aromatic carbocycles. The van der Waals surface area contributed by atoms with E-state index in [1.165, 1.54) is 7.11 Å². The molecule has 1 aromatic rings. The molecule has 0 radical (unpaired) electrons. The first kappa shape index (κ1) is 18.9. The predicted octanol–water partition coefficient (Wildman–Crippen LogP) is 4.56. The van der Waals surface area contributed by atoms with Gasteiger partial charge in [-0.2, -0.15) is 5.26 Å². The van der Waals surface area contributed by atoms with Gasteiger partial charge < -0.3 is 4.74 Å². The maximum atomic E-state index is 12.5. The summed E-state index contributed by atoms with van der Waals surface area (Å²) in [6.45, 7) is 8.23. The van der Waals surface area contributed by atoms with E-state index in [1.807, 2.05) is 38.1 Å². The number of hydrogen-bond donors (Lipinski definition) is 0. The van der Waals surface area contributed by atoms with Crippen LogP contribution in [0.4, 0.5) is 0 Å². The summed E-state index contributed by atoms with van der Waals surface area (Å²) in [5.41, 5.74) is 4.23. The van der Waals surface area contributed by atoms with Crippen molar-refractivity contribution in [2.75, 3.05) is 7.11 Å². The highest BCUT2D eigenvalue weighted by atomic mass is 16.5. The summed E-state index contributed by atoms with van der Waals surface area (Å²) in [6, 6.07) is 10.4. The zero-order valence-electron chi connectivity index (χ0n) is 15.7. The minimum absolute atomic E-state index is 0.334. The Bertz CT molecular complexity index is 736. The van der Waals surface area contributed by atoms with Crippen LogP contribution in [0.3, 0.4) is 0 Å². The van der Waals surface area contributed by atoms with E-state index < -0.39 is 11.9 Å². The number of allylic oxidation sites excluding steroid dienone is 1. The molecule has 0 aliphatic carbocycles. The number of methoxy groups -OCH3 is 1. The SMILES string of the molecule is CCC1=C(C(=O)OC)C(c2ccc(C)cc2)C(C#N)C(CC(C)C)=N1. The number of carbonyl (C=O) groups is 1. The summed E-state index contributed by atoms with van der Waals surface area (Å²) >= 11 is 0. The van der Waals surface area contributed by atoms with Gasteiger partial charge in [0, 0.05) is 11.6 Å². The lowest BCUT2D eigenvalue weighted by Crippen LogP contribution is -2.31. The van der Waals surface area contributed by atoms with Crippen LogP contribution < -0.4 is 0 Å². The number of hydrogen-bond acceptors (Lipinski definition) is 4. The van der Waals surface area contributed by atoms with Crippen molar-refractivity contribution in [3.05, 3.63) is 46.7 Å². The molecule has 0 spiro atoms. The fourth-order valence-electron chi connectivity index (χ4n) is 3.34. The topological polar surface area (TPSA) is 62.5 Å². The van der Waals surface area contributed by atoms with E-state index in [9.17, 15) is 10.1 Å². The average molecular weight is 338 g/mol. The zero-order chi connectivity index (χ0) is 18.6. The molecule has 4 nitrogen and oxygen atoms in total. The number of aryl methyl sites for hydroxylation is 1. The maximum Gasteiger partial charge on any atom is 0.336 e. The van der Waals surface area contributed by atoms with Gasteiger partial charge in [0.15, 0.2) is 0 Å². The number of esters is 1. The van der Waals surface area contributed by atoms with Crippen molar-refractivity contribution >= 4 is 11.7 Å². The van der Waals surface area contributed by atoms with E-state index >= 15 is 0 Å². The number of nitriles is 1. The number of aliphatic imine (C=N–C) groups is 1. The molecule has 0 amide bonds. The highest BCUT2D eigenvalue weighted by molar-refractivity contribution is 5.99. The third kappa shape index (κ3) is 3.99. The van der Waals surface area contributed by atoms with Gasteiger partial charge in [-0.1, -0.05) is 50.6 Å². The molecule has 0 saturated carbocycles. The van der Waals surface area contributed by atoms with Gasteiger partial charge >= 0.3 is 5.97 Å². The Balaban J connectivity index is 2.67. The maximum absolute atomic E-state index is 12.5. The van der Waals surface area contributed by atoms with Gasteiger partial charge in [0.05, 0.1) is 30.4 Å². The quantitative estimate of drug-likeness (QED) is 0.740. The first-order chi connectivity index (χ1) is 11.9. The van der Waals surface area contributed by atoms with Crippen LogP contribution in [0.15, 0.2) is 40.5 Å². The van der Waals surface area contributed by atoms with Crippen molar-refractivity contribution in [2.45, 2.75) is 46.5 Å². The molecule has 0 saturated heterocycles. The number of nitrogens with zero attached hydrogens (tertiary/aromatic N) is 2. The molecule has 1 aliphatic rings. The number of ether oxygens (including phenoxy) is 1. The van der Waals surface area contributed by atoms with E-state index in [-0.39, 0.29) is 5.92 Å². The highest BCUT2D eigenvalue weighted by Crippen LogP contribution is 2.41. The van der Waals surface area contributed by atoms with Crippen LogP contribution in [0.1, 0.15) is 50.7 Å². The van der Waals surface area contributed by atoms with Gasteiger partial charge in [-0.25, -0.2) is 4.79 Å². The van der Waals surface area contributed by atoms with Gasteiger partial charge in [0.2, 0.25) is 0 Å². The molecule has 0 fully saturated rings. The molecule has 25 heavy (non-hydrogen) atoms. The minimum atomic E-state index is -0.450. The first-order valence-corrected chi connectivity index (χ1v) is 8.77. The largest absolute Gasteiger partial charge is 0.466 e. The standard InChI is InChI=1S/C21H26N2O2/c1-6-17-20(21(24)25-5)19(15-9-7-14(4)8-10-15)16(12-22)18(23-17)11-13(2)3/h7-10,13,16,19H,6,11H2,1-5H3. The molecular formula is C21H26N2O2. The van der Waals surface area contributed by atoms with Crippen molar-refractivity contribution in [2.24, 2.45) is 16.8 Å². The van der Waals surface area contributed by atoms with E-state index in [0.29, 0.717) is 17.9 Å².